The van der Waals surface area contributed by atoms with Crippen LogP contribution < -0.4 is 14.9 Å². The number of nitrogens with one attached hydrogen (secondary N) is 2. The number of sulfonamides is 1. The van der Waals surface area contributed by atoms with E-state index in [4.69, 9.17) is 11.6 Å². The number of benzene rings is 3. The van der Waals surface area contributed by atoms with Crippen LogP contribution >= 0.6 is 11.6 Å². The second-order valence-electron chi connectivity index (χ2n) is 9.51. The molecule has 9 heteroatoms. The van der Waals surface area contributed by atoms with Crippen LogP contribution in [0.5, 0.6) is 0 Å². The lowest BCUT2D eigenvalue weighted by Crippen LogP contribution is -2.41. The zero-order valence-electron chi connectivity index (χ0n) is 20.9. The topological polar surface area (TPSA) is 95.6 Å². The third-order valence-electron chi connectivity index (χ3n) is 5.34. The Morgan fingerprint density at radius 1 is 0.917 bits per heavy atom. The molecule has 0 aromatic heterocycles. The molecule has 0 saturated carbocycles. The summed E-state index contributed by atoms with van der Waals surface area (Å²) < 4.78 is 28.4. The third-order valence-corrected chi connectivity index (χ3v) is 7.52. The lowest BCUT2D eigenvalue weighted by molar-refractivity contribution is -0.114. The third kappa shape index (κ3) is 6.44. The van der Waals surface area contributed by atoms with Gasteiger partial charge >= 0.3 is 0 Å². The summed E-state index contributed by atoms with van der Waals surface area (Å²) in [5.74, 6) is -0.964. The first kappa shape index (κ1) is 27.2. The molecule has 0 aliphatic carbocycles. The van der Waals surface area contributed by atoms with E-state index >= 15 is 0 Å². The van der Waals surface area contributed by atoms with Gasteiger partial charge in [0.2, 0.25) is 5.91 Å². The fraction of sp³-hybridized carbons (Fsp3) is 0.259. The minimum absolute atomic E-state index is 0.0465. The van der Waals surface area contributed by atoms with Crippen LogP contribution in [0.1, 0.15) is 42.3 Å². The summed E-state index contributed by atoms with van der Waals surface area (Å²) in [6.07, 6.45) is 0. The monoisotopic (exact) mass is 527 g/mol. The van der Waals surface area contributed by atoms with Crippen LogP contribution in [-0.4, -0.2) is 32.3 Å². The Bertz CT molecular complexity index is 1380. The number of aryl methyl sites for hydroxylation is 1. The molecule has 2 N–H and O–H groups in total. The zero-order chi connectivity index (χ0) is 26.7. The number of nitrogens with zero attached hydrogens (tertiary/aromatic N) is 1. The highest BCUT2D eigenvalue weighted by Gasteiger charge is 2.29. The summed E-state index contributed by atoms with van der Waals surface area (Å²) >= 11 is 6.28. The molecule has 0 aliphatic rings. The van der Waals surface area contributed by atoms with Crippen LogP contribution in [-0.2, 0) is 14.8 Å². The molecule has 3 rings (SSSR count). The van der Waals surface area contributed by atoms with E-state index in [0.717, 1.165) is 9.87 Å². The van der Waals surface area contributed by atoms with Gasteiger partial charge in [0, 0.05) is 10.6 Å². The van der Waals surface area contributed by atoms with E-state index in [9.17, 15) is 18.0 Å². The highest BCUT2D eigenvalue weighted by molar-refractivity contribution is 7.92. The quantitative estimate of drug-likeness (QED) is 0.434. The molecule has 7 nitrogen and oxygen atoms in total. The van der Waals surface area contributed by atoms with Crippen molar-refractivity contribution >= 4 is 44.8 Å². The van der Waals surface area contributed by atoms with E-state index < -0.39 is 28.0 Å². The largest absolute Gasteiger partial charge is 0.347 e. The van der Waals surface area contributed by atoms with E-state index in [1.54, 1.807) is 61.5 Å². The first-order valence-electron chi connectivity index (χ1n) is 11.4. The maximum absolute atomic E-state index is 13.7. The molecular weight excluding hydrogens is 498 g/mol. The van der Waals surface area contributed by atoms with E-state index in [0.29, 0.717) is 10.6 Å². The van der Waals surface area contributed by atoms with Gasteiger partial charge in [-0.15, -0.1) is 0 Å². The van der Waals surface area contributed by atoms with Gasteiger partial charge in [0.1, 0.15) is 6.54 Å². The first-order chi connectivity index (χ1) is 16.8. The van der Waals surface area contributed by atoms with Gasteiger partial charge in [0.15, 0.2) is 0 Å². The summed E-state index contributed by atoms with van der Waals surface area (Å²) in [6.45, 7) is 8.59. The number of hydrogen-bond acceptors (Lipinski definition) is 4. The minimum atomic E-state index is -4.11. The smallest absolute Gasteiger partial charge is 0.264 e. The second-order valence-corrected chi connectivity index (χ2v) is 11.8. The highest BCUT2D eigenvalue weighted by Crippen LogP contribution is 2.31. The number of anilines is 2. The molecule has 190 valence electrons. The highest BCUT2D eigenvalue weighted by atomic mass is 35.5. The summed E-state index contributed by atoms with van der Waals surface area (Å²) in [7, 11) is -4.11. The number of carbonyl (C=O) groups excluding carboxylic acids is 2. The molecular formula is C27H30ClN3O4S. The summed E-state index contributed by atoms with van der Waals surface area (Å²) in [6, 6.07) is 17.8. The standard InChI is InChI=1S/C27H30ClN3O4S/c1-18-13-15-20(16-14-18)36(34,35)31(24-12-8-10-22(28)19(24)2)17-25(32)29-23-11-7-6-9-21(23)26(33)30-27(3,4)5/h6-16H,17H2,1-5H3,(H,29,32)(H,30,33). The Hall–Kier alpha value is -3.36. The Labute approximate surface area is 217 Å². The molecule has 3 aromatic rings. The number of hydrogen-bond donors (Lipinski definition) is 2. The van der Waals surface area contributed by atoms with E-state index in [-0.39, 0.29) is 27.7 Å². The molecule has 0 heterocycles. The molecule has 36 heavy (non-hydrogen) atoms. The summed E-state index contributed by atoms with van der Waals surface area (Å²) in [5.41, 5.74) is 1.79. The van der Waals surface area contributed by atoms with Crippen molar-refractivity contribution in [2.24, 2.45) is 0 Å². The SMILES string of the molecule is Cc1ccc(S(=O)(=O)N(CC(=O)Nc2ccccc2C(=O)NC(C)(C)C)c2cccc(Cl)c2C)cc1. The van der Waals surface area contributed by atoms with Gasteiger partial charge < -0.3 is 10.6 Å². The van der Waals surface area contributed by atoms with Gasteiger partial charge in [0.05, 0.1) is 21.8 Å². The molecule has 0 fully saturated rings. The van der Waals surface area contributed by atoms with Gasteiger partial charge in [-0.1, -0.05) is 47.5 Å². The Morgan fingerprint density at radius 2 is 1.56 bits per heavy atom. The van der Waals surface area contributed by atoms with Gasteiger partial charge in [-0.2, -0.15) is 0 Å². The van der Waals surface area contributed by atoms with Gasteiger partial charge in [-0.3, -0.25) is 13.9 Å². The molecule has 0 radical (unpaired) electrons. The maximum Gasteiger partial charge on any atom is 0.264 e. The second kappa shape index (κ2) is 10.7. The van der Waals surface area contributed by atoms with Crippen LogP contribution in [0, 0.1) is 13.8 Å². The molecule has 3 aromatic carbocycles. The van der Waals surface area contributed by atoms with Crippen molar-refractivity contribution in [3.63, 3.8) is 0 Å². The minimum Gasteiger partial charge on any atom is -0.347 e. The van der Waals surface area contributed by atoms with Crippen LogP contribution in [0.15, 0.2) is 71.6 Å². The van der Waals surface area contributed by atoms with Crippen molar-refractivity contribution in [2.45, 2.75) is 45.1 Å². The number of carbonyl (C=O) groups is 2. The zero-order valence-corrected chi connectivity index (χ0v) is 22.5. The van der Waals surface area contributed by atoms with Crippen molar-refractivity contribution in [1.29, 1.82) is 0 Å². The van der Waals surface area contributed by atoms with Crippen LogP contribution in [0.25, 0.3) is 0 Å². The predicted molar refractivity (Wildman–Crippen MR) is 144 cm³/mol. The lowest BCUT2D eigenvalue weighted by Gasteiger charge is -2.26. The molecule has 2 amide bonds. The predicted octanol–water partition coefficient (Wildman–Crippen LogP) is 5.32. The van der Waals surface area contributed by atoms with E-state index in [1.165, 1.54) is 12.1 Å². The average molecular weight is 528 g/mol. The number of para-hydroxylation sites is 1. The van der Waals surface area contributed by atoms with Crippen molar-refractivity contribution in [1.82, 2.24) is 5.32 Å². The fourth-order valence-corrected chi connectivity index (χ4v) is 5.17. The van der Waals surface area contributed by atoms with Gasteiger partial charge in [-0.25, -0.2) is 8.42 Å². The molecule has 0 unspecified atom stereocenters. The molecule has 0 spiro atoms. The van der Waals surface area contributed by atoms with Crippen LogP contribution in [0.2, 0.25) is 5.02 Å². The Kier molecular flexibility index (Phi) is 8.11. The molecule has 0 aliphatic heterocycles. The molecule has 0 saturated heterocycles. The van der Waals surface area contributed by atoms with Crippen molar-refractivity contribution in [3.8, 4) is 0 Å². The van der Waals surface area contributed by atoms with Crippen molar-refractivity contribution in [2.75, 3.05) is 16.2 Å². The lowest BCUT2D eigenvalue weighted by atomic mass is 10.1. The first-order valence-corrected chi connectivity index (χ1v) is 13.2. The van der Waals surface area contributed by atoms with Crippen molar-refractivity contribution < 1.29 is 18.0 Å². The van der Waals surface area contributed by atoms with E-state index in [1.807, 2.05) is 27.7 Å². The van der Waals surface area contributed by atoms with E-state index in [2.05, 4.69) is 10.6 Å². The molecule has 0 bridgehead atoms. The number of amides is 2. The maximum atomic E-state index is 13.7. The van der Waals surface area contributed by atoms with Crippen LogP contribution in [0.3, 0.4) is 0 Å². The summed E-state index contributed by atoms with van der Waals surface area (Å²) in [5, 5.41) is 5.95. The van der Waals surface area contributed by atoms with Crippen LogP contribution in [0.4, 0.5) is 11.4 Å². The van der Waals surface area contributed by atoms with Gasteiger partial charge in [0.25, 0.3) is 15.9 Å². The Morgan fingerprint density at radius 3 is 2.19 bits per heavy atom. The Balaban J connectivity index is 1.97. The number of halogens is 1. The number of rotatable bonds is 7. The fourth-order valence-electron chi connectivity index (χ4n) is 3.52. The average Bonchev–Trinajstić information content (AvgIpc) is 2.79. The van der Waals surface area contributed by atoms with Gasteiger partial charge in [-0.05, 0) is 76.6 Å². The normalized spacial score (nSPS) is 11.6. The molecule has 0 atom stereocenters. The van der Waals surface area contributed by atoms with Crippen molar-refractivity contribution in [3.05, 3.63) is 88.4 Å². The summed E-state index contributed by atoms with van der Waals surface area (Å²) in [4.78, 5) is 26.0.